The van der Waals surface area contributed by atoms with Gasteiger partial charge in [-0.2, -0.15) is 5.10 Å². The minimum Gasteiger partial charge on any atom is -0.505 e. The lowest BCUT2D eigenvalue weighted by Gasteiger charge is -2.36. The minimum atomic E-state index is -0.679. The summed E-state index contributed by atoms with van der Waals surface area (Å²) in [6.07, 6.45) is 0. The first-order valence-corrected chi connectivity index (χ1v) is 11.2. The van der Waals surface area contributed by atoms with Crippen molar-refractivity contribution < 1.29 is 19.1 Å². The number of rotatable bonds is 4. The van der Waals surface area contributed by atoms with E-state index in [1.54, 1.807) is 19.0 Å². The first-order chi connectivity index (χ1) is 15.9. The highest BCUT2D eigenvalue weighted by Gasteiger charge is 2.39. The van der Waals surface area contributed by atoms with Gasteiger partial charge in [-0.1, -0.05) is 17.7 Å². The van der Waals surface area contributed by atoms with E-state index in [0.29, 0.717) is 12.1 Å². The first kappa shape index (κ1) is 23.7. The average molecular weight is 490 g/mol. The molecule has 9 nitrogen and oxygen atoms in total. The second kappa shape index (κ2) is 8.43. The average Bonchev–Trinajstić information content (AvgIpc) is 3.08. The Balaban J connectivity index is 2.03. The number of hydrogen-bond donors (Lipinski definition) is 1. The summed E-state index contributed by atoms with van der Waals surface area (Å²) in [5, 5.41) is 15.2. The van der Waals surface area contributed by atoms with Gasteiger partial charge in [-0.15, -0.1) is 0 Å². The van der Waals surface area contributed by atoms with Crippen LogP contribution in [0.4, 0.5) is 4.39 Å². The Kier molecular flexibility index (Phi) is 5.89. The number of nitrogens with zero attached hydrogens (tertiary/aromatic N) is 5. The zero-order valence-corrected chi connectivity index (χ0v) is 20.2. The van der Waals surface area contributed by atoms with Crippen molar-refractivity contribution >= 4 is 34.3 Å². The number of carbonyl (C=O) groups excluding carboxylic acids is 2. The number of carbonyl (C=O) groups is 2. The van der Waals surface area contributed by atoms with Gasteiger partial charge in [-0.05, 0) is 38.5 Å². The lowest BCUT2D eigenvalue weighted by atomic mass is 10.1. The van der Waals surface area contributed by atoms with Crippen LogP contribution in [0.5, 0.6) is 5.75 Å². The lowest BCUT2D eigenvalue weighted by molar-refractivity contribution is 0.0614. The Morgan fingerprint density at radius 2 is 2.00 bits per heavy atom. The van der Waals surface area contributed by atoms with E-state index in [9.17, 15) is 23.9 Å². The summed E-state index contributed by atoms with van der Waals surface area (Å²) in [7, 11) is 3.08. The van der Waals surface area contributed by atoms with Crippen LogP contribution in [0.25, 0.3) is 10.9 Å². The zero-order valence-electron chi connectivity index (χ0n) is 19.5. The van der Waals surface area contributed by atoms with Crippen LogP contribution >= 0.6 is 11.6 Å². The van der Waals surface area contributed by atoms with Gasteiger partial charge in [0.25, 0.3) is 17.4 Å². The molecule has 3 aromatic rings. The van der Waals surface area contributed by atoms with Gasteiger partial charge in [0.1, 0.15) is 11.2 Å². The molecule has 2 amide bonds. The van der Waals surface area contributed by atoms with Crippen LogP contribution in [0.2, 0.25) is 5.02 Å². The number of halogens is 2. The number of benzene rings is 1. The Morgan fingerprint density at radius 3 is 2.59 bits per heavy atom. The predicted molar refractivity (Wildman–Crippen MR) is 125 cm³/mol. The molecule has 4 rings (SSSR count). The Morgan fingerprint density at radius 1 is 1.32 bits per heavy atom. The summed E-state index contributed by atoms with van der Waals surface area (Å²) in [6, 6.07) is 3.54. The van der Waals surface area contributed by atoms with Crippen LogP contribution in [0, 0.1) is 5.82 Å². The van der Waals surface area contributed by atoms with Crippen LogP contribution in [0.3, 0.4) is 0 Å². The minimum absolute atomic E-state index is 0.0447. The van der Waals surface area contributed by atoms with Gasteiger partial charge in [-0.25, -0.2) is 9.07 Å². The fourth-order valence-corrected chi connectivity index (χ4v) is 4.51. The third kappa shape index (κ3) is 3.62. The molecular formula is C23H25ClFN5O4. The summed E-state index contributed by atoms with van der Waals surface area (Å²) >= 11 is 5.87. The molecule has 1 N–H and O–H groups in total. The number of amides is 2. The van der Waals surface area contributed by atoms with Crippen molar-refractivity contribution in [3.8, 4) is 5.75 Å². The van der Waals surface area contributed by atoms with Crippen molar-refractivity contribution in [2.45, 2.75) is 39.4 Å². The molecule has 0 saturated carbocycles. The molecule has 1 aliphatic rings. The van der Waals surface area contributed by atoms with Crippen LogP contribution < -0.4 is 5.56 Å². The molecule has 0 unspecified atom stereocenters. The highest BCUT2D eigenvalue weighted by Crippen LogP contribution is 2.38. The third-order valence-electron chi connectivity index (χ3n) is 5.99. The molecule has 34 heavy (non-hydrogen) atoms. The van der Waals surface area contributed by atoms with Crippen molar-refractivity contribution in [3.05, 3.63) is 56.3 Å². The van der Waals surface area contributed by atoms with Crippen LogP contribution in [0.1, 0.15) is 53.4 Å². The maximum absolute atomic E-state index is 13.6. The quantitative estimate of drug-likeness (QED) is 0.607. The molecule has 3 heterocycles. The summed E-state index contributed by atoms with van der Waals surface area (Å²) in [5.74, 6) is -2.02. The van der Waals surface area contributed by atoms with Gasteiger partial charge in [0.05, 0.1) is 17.1 Å². The first-order valence-electron chi connectivity index (χ1n) is 10.8. The number of hydrogen-bond acceptors (Lipinski definition) is 5. The van der Waals surface area contributed by atoms with Gasteiger partial charge in [0.2, 0.25) is 0 Å². The van der Waals surface area contributed by atoms with Crippen molar-refractivity contribution in [2.75, 3.05) is 20.6 Å². The van der Waals surface area contributed by atoms with E-state index in [1.807, 2.05) is 20.8 Å². The summed E-state index contributed by atoms with van der Waals surface area (Å²) in [5.41, 5.74) is -0.207. The lowest BCUT2D eigenvalue weighted by Crippen LogP contribution is -2.45. The number of aromatic nitrogens is 3. The Labute approximate surface area is 199 Å². The fraction of sp³-hybridized carbons (Fsp3) is 0.391. The topological polar surface area (TPSA) is 101 Å². The Hall–Kier alpha value is -3.40. The van der Waals surface area contributed by atoms with Crippen LogP contribution in [-0.4, -0.2) is 67.8 Å². The van der Waals surface area contributed by atoms with Crippen molar-refractivity contribution in [1.29, 1.82) is 0 Å². The molecule has 1 aliphatic heterocycles. The van der Waals surface area contributed by atoms with Gasteiger partial charge in [0, 0.05) is 32.7 Å². The summed E-state index contributed by atoms with van der Waals surface area (Å²) < 4.78 is 16.1. The van der Waals surface area contributed by atoms with E-state index in [0.717, 1.165) is 4.68 Å². The maximum atomic E-state index is 13.6. The molecule has 1 aromatic carbocycles. The number of fused-ring (bicyclic) bond motifs is 3. The van der Waals surface area contributed by atoms with E-state index >= 15 is 0 Å². The summed E-state index contributed by atoms with van der Waals surface area (Å²) in [6.45, 7) is 5.80. The van der Waals surface area contributed by atoms with Crippen molar-refractivity contribution in [1.82, 2.24) is 24.1 Å². The summed E-state index contributed by atoms with van der Waals surface area (Å²) in [4.78, 5) is 42.7. The zero-order chi connectivity index (χ0) is 25.1. The van der Waals surface area contributed by atoms with Crippen molar-refractivity contribution in [2.24, 2.45) is 0 Å². The van der Waals surface area contributed by atoms with Crippen LogP contribution in [0.15, 0.2) is 23.0 Å². The molecule has 2 aromatic heterocycles. The molecular weight excluding hydrogens is 465 g/mol. The van der Waals surface area contributed by atoms with Gasteiger partial charge in [-0.3, -0.25) is 14.4 Å². The Bertz CT molecular complexity index is 1390. The second-order valence-corrected chi connectivity index (χ2v) is 9.36. The van der Waals surface area contributed by atoms with Crippen LogP contribution in [-0.2, 0) is 6.54 Å². The standard InChI is InChI=1S/C23H25ClFN5O4/c1-11(2)28-9-12(3)30-18-16(20(31)19(30)23(28)34)21(32)29(26-17(18)22(33)27(4)5)10-13-6-7-15(25)14(24)8-13/h6-8,11-12,31H,9-10H2,1-5H3/t12-/m0/s1. The second-order valence-electron chi connectivity index (χ2n) is 8.95. The predicted octanol–water partition coefficient (Wildman–Crippen LogP) is 2.87. The molecule has 11 heteroatoms. The molecule has 0 fully saturated rings. The highest BCUT2D eigenvalue weighted by atomic mass is 35.5. The maximum Gasteiger partial charge on any atom is 0.280 e. The molecule has 0 aliphatic carbocycles. The fourth-order valence-electron chi connectivity index (χ4n) is 4.30. The molecule has 1 atom stereocenters. The normalized spacial score (nSPS) is 15.8. The smallest absolute Gasteiger partial charge is 0.280 e. The van der Waals surface area contributed by atoms with Gasteiger partial charge < -0.3 is 19.5 Å². The molecule has 0 radical (unpaired) electrons. The van der Waals surface area contributed by atoms with E-state index in [4.69, 9.17) is 11.6 Å². The number of aromatic hydroxyl groups is 1. The molecule has 0 spiro atoms. The van der Waals surface area contributed by atoms with E-state index in [2.05, 4.69) is 5.10 Å². The van der Waals surface area contributed by atoms with E-state index in [-0.39, 0.29) is 45.9 Å². The van der Waals surface area contributed by atoms with Crippen molar-refractivity contribution in [3.63, 3.8) is 0 Å². The molecule has 180 valence electrons. The molecule has 0 bridgehead atoms. The monoisotopic (exact) mass is 489 g/mol. The van der Waals surface area contributed by atoms with E-state index < -0.39 is 28.9 Å². The van der Waals surface area contributed by atoms with E-state index in [1.165, 1.54) is 27.7 Å². The SMILES string of the molecule is CC(C)N1C[C@H](C)n2c(c(O)c3c(=O)n(Cc4ccc(F)c(Cl)c4)nc(C(=O)N(C)C)c32)C1=O. The third-order valence-corrected chi connectivity index (χ3v) is 6.28. The van der Waals surface area contributed by atoms with Gasteiger partial charge in [0.15, 0.2) is 17.1 Å². The largest absolute Gasteiger partial charge is 0.505 e. The molecule has 0 saturated heterocycles. The highest BCUT2D eigenvalue weighted by molar-refractivity contribution is 6.30. The van der Waals surface area contributed by atoms with Gasteiger partial charge >= 0.3 is 0 Å².